The van der Waals surface area contributed by atoms with Crippen molar-refractivity contribution in [3.63, 3.8) is 0 Å². The second-order valence-electron chi connectivity index (χ2n) is 11.3. The number of methoxy groups -OCH3 is 1. The maximum absolute atomic E-state index is 14.8. The molecule has 1 saturated heterocycles. The summed E-state index contributed by atoms with van der Waals surface area (Å²) in [5, 5.41) is 15.3. The normalized spacial score (nSPS) is 28.6. The van der Waals surface area contributed by atoms with Crippen molar-refractivity contribution in [2.75, 3.05) is 26.9 Å². The predicted octanol–water partition coefficient (Wildman–Crippen LogP) is 3.30. The number of nitrogens with one attached hydrogen (secondary N) is 2. The van der Waals surface area contributed by atoms with E-state index in [9.17, 15) is 23.9 Å². The van der Waals surface area contributed by atoms with Crippen LogP contribution in [-0.4, -0.2) is 61.9 Å². The number of halogens is 1. The zero-order valence-electron chi connectivity index (χ0n) is 21.7. The van der Waals surface area contributed by atoms with Crippen LogP contribution in [0.5, 0.6) is 11.5 Å². The molecule has 2 saturated carbocycles. The molecule has 4 rings (SSSR count). The quantitative estimate of drug-likeness (QED) is 0.457. The lowest BCUT2D eigenvalue weighted by Gasteiger charge is -2.38. The third-order valence-electron chi connectivity index (χ3n) is 8.33. The molecule has 0 bridgehead atoms. The van der Waals surface area contributed by atoms with Crippen LogP contribution in [0.1, 0.15) is 69.2 Å². The summed E-state index contributed by atoms with van der Waals surface area (Å²) in [5.74, 6) is -2.78. The van der Waals surface area contributed by atoms with Crippen molar-refractivity contribution >= 4 is 17.8 Å². The van der Waals surface area contributed by atoms with Gasteiger partial charge in [0.2, 0.25) is 5.91 Å². The highest BCUT2D eigenvalue weighted by atomic mass is 19.1. The largest absolute Gasteiger partial charge is 0.496 e. The molecule has 204 valence electrons. The van der Waals surface area contributed by atoms with E-state index in [-0.39, 0.29) is 47.7 Å². The van der Waals surface area contributed by atoms with Crippen molar-refractivity contribution in [1.82, 2.24) is 10.6 Å². The average Bonchev–Trinajstić information content (AvgIpc) is 3.31. The number of carbonyl (C=O) groups excluding carboxylic acids is 2. The number of hydrogen-bond acceptors (Lipinski definition) is 6. The Kier molecular flexibility index (Phi) is 7.96. The van der Waals surface area contributed by atoms with Crippen molar-refractivity contribution in [1.29, 1.82) is 0 Å². The zero-order chi connectivity index (χ0) is 26.8. The van der Waals surface area contributed by atoms with E-state index >= 15 is 0 Å². The molecule has 0 aromatic heterocycles. The zero-order valence-corrected chi connectivity index (χ0v) is 21.7. The van der Waals surface area contributed by atoms with E-state index in [1.807, 2.05) is 0 Å². The molecule has 2 atom stereocenters. The number of hydrogen-bond donors (Lipinski definition) is 3. The summed E-state index contributed by atoms with van der Waals surface area (Å²) in [7, 11) is 1.34. The first-order valence-corrected chi connectivity index (χ1v) is 13.0. The molecule has 2 aliphatic carbocycles. The molecule has 3 aliphatic rings. The highest BCUT2D eigenvalue weighted by molar-refractivity contribution is 5.98. The van der Waals surface area contributed by atoms with Crippen molar-refractivity contribution in [3.8, 4) is 11.5 Å². The van der Waals surface area contributed by atoms with Crippen LogP contribution in [0.25, 0.3) is 0 Å². The molecule has 9 nitrogen and oxygen atoms in total. The fraction of sp³-hybridized carbons (Fsp3) is 0.667. The smallest absolute Gasteiger partial charge is 0.309 e. The van der Waals surface area contributed by atoms with E-state index in [1.165, 1.54) is 19.6 Å². The summed E-state index contributed by atoms with van der Waals surface area (Å²) < 4.78 is 31.4. The Balaban J connectivity index is 1.41. The molecule has 3 N–H and O–H groups in total. The molecule has 1 aromatic carbocycles. The topological polar surface area (TPSA) is 123 Å². The summed E-state index contributed by atoms with van der Waals surface area (Å²) in [6.45, 7) is 4.86. The molecule has 1 heterocycles. The molecule has 2 amide bonds. The van der Waals surface area contributed by atoms with Crippen molar-refractivity contribution in [2.45, 2.75) is 70.9 Å². The van der Waals surface area contributed by atoms with Gasteiger partial charge in [-0.3, -0.25) is 14.4 Å². The van der Waals surface area contributed by atoms with Gasteiger partial charge in [-0.25, -0.2) is 4.39 Å². The lowest BCUT2D eigenvalue weighted by Crippen LogP contribution is -2.48. The monoisotopic (exact) mass is 520 g/mol. The van der Waals surface area contributed by atoms with E-state index in [2.05, 4.69) is 17.6 Å². The van der Waals surface area contributed by atoms with E-state index in [4.69, 9.17) is 14.2 Å². The summed E-state index contributed by atoms with van der Waals surface area (Å²) in [6, 6.07) is 1.87. The fourth-order valence-electron chi connectivity index (χ4n) is 5.30. The highest BCUT2D eigenvalue weighted by Gasteiger charge is 2.40. The van der Waals surface area contributed by atoms with E-state index < -0.39 is 35.1 Å². The van der Waals surface area contributed by atoms with Crippen LogP contribution in [0, 0.1) is 22.6 Å². The Labute approximate surface area is 216 Å². The third-order valence-corrected chi connectivity index (χ3v) is 8.33. The van der Waals surface area contributed by atoms with Gasteiger partial charge in [-0.05, 0) is 56.9 Å². The molecule has 0 spiro atoms. The summed E-state index contributed by atoms with van der Waals surface area (Å²) >= 11 is 0. The van der Waals surface area contributed by atoms with Gasteiger partial charge in [-0.2, -0.15) is 0 Å². The molecule has 1 aliphatic heterocycles. The van der Waals surface area contributed by atoms with Gasteiger partial charge in [-0.1, -0.05) is 13.3 Å². The van der Waals surface area contributed by atoms with Crippen LogP contribution in [0.4, 0.5) is 4.39 Å². The lowest BCUT2D eigenvalue weighted by molar-refractivity contribution is -0.150. The van der Waals surface area contributed by atoms with Gasteiger partial charge in [0.1, 0.15) is 5.75 Å². The number of rotatable bonds is 9. The minimum absolute atomic E-state index is 0.0438. The molecule has 0 unspecified atom stereocenters. The first-order valence-electron chi connectivity index (χ1n) is 13.0. The van der Waals surface area contributed by atoms with Crippen LogP contribution < -0.4 is 20.1 Å². The number of benzene rings is 1. The first kappa shape index (κ1) is 27.2. The standard InChI is InChI=1S/C27H37FN2O7/c1-26(7-4-8-26)15-29-23(31)18-13-36-14-20(18)30-24(32)17-11-22(19(28)12-21(17)35-3)37-16-5-9-27(2,10-6-16)25(33)34/h11-12,16,18,20H,4-10,13-15H2,1-3H3,(H,29,31)(H,30,32)(H,33,34)/t16?,18-,20+,27?/m1/s1. The summed E-state index contributed by atoms with van der Waals surface area (Å²) in [4.78, 5) is 37.5. The van der Waals surface area contributed by atoms with Crippen LogP contribution in [0.3, 0.4) is 0 Å². The number of amides is 2. The second-order valence-corrected chi connectivity index (χ2v) is 11.3. The number of aliphatic carboxylic acids is 1. The Hall–Kier alpha value is -2.88. The van der Waals surface area contributed by atoms with E-state index in [0.29, 0.717) is 32.2 Å². The molecular formula is C27H37FN2O7. The molecule has 10 heteroatoms. The van der Waals surface area contributed by atoms with E-state index in [1.54, 1.807) is 6.92 Å². The maximum Gasteiger partial charge on any atom is 0.309 e. The number of carbonyl (C=O) groups is 3. The lowest BCUT2D eigenvalue weighted by atomic mass is 9.70. The third kappa shape index (κ3) is 6.00. The van der Waals surface area contributed by atoms with Crippen LogP contribution in [0.2, 0.25) is 0 Å². The molecule has 0 radical (unpaired) electrons. The fourth-order valence-corrected chi connectivity index (χ4v) is 5.30. The van der Waals surface area contributed by atoms with Crippen LogP contribution >= 0.6 is 0 Å². The molecule has 37 heavy (non-hydrogen) atoms. The summed E-state index contributed by atoms with van der Waals surface area (Å²) in [6.07, 6.45) is 4.75. The first-order chi connectivity index (χ1) is 17.5. The molecular weight excluding hydrogens is 483 g/mol. The second kappa shape index (κ2) is 10.8. The van der Waals surface area contributed by atoms with Crippen molar-refractivity contribution < 1.29 is 38.1 Å². The van der Waals surface area contributed by atoms with Crippen molar-refractivity contribution in [3.05, 3.63) is 23.5 Å². The van der Waals surface area contributed by atoms with E-state index in [0.717, 1.165) is 18.9 Å². The van der Waals surface area contributed by atoms with Gasteiger partial charge in [0, 0.05) is 12.6 Å². The van der Waals surface area contributed by atoms with Gasteiger partial charge in [0.15, 0.2) is 11.6 Å². The predicted molar refractivity (Wildman–Crippen MR) is 132 cm³/mol. The minimum Gasteiger partial charge on any atom is -0.496 e. The highest BCUT2D eigenvalue weighted by Crippen LogP contribution is 2.40. The number of carboxylic acids is 1. The SMILES string of the molecule is COc1cc(F)c(OC2CCC(C)(C(=O)O)CC2)cc1C(=O)N[C@H]1COC[C@H]1C(=O)NCC1(C)CCC1. The summed E-state index contributed by atoms with van der Waals surface area (Å²) in [5.41, 5.74) is -0.598. The Morgan fingerprint density at radius 1 is 1.11 bits per heavy atom. The van der Waals surface area contributed by atoms with Gasteiger partial charge < -0.3 is 30.0 Å². The maximum atomic E-state index is 14.8. The Morgan fingerprint density at radius 2 is 1.81 bits per heavy atom. The number of ether oxygens (including phenoxy) is 3. The van der Waals surface area contributed by atoms with Crippen LogP contribution in [-0.2, 0) is 14.3 Å². The Morgan fingerprint density at radius 3 is 2.41 bits per heavy atom. The van der Waals surface area contributed by atoms with Gasteiger partial charge >= 0.3 is 5.97 Å². The molecule has 3 fully saturated rings. The van der Waals surface area contributed by atoms with Crippen LogP contribution in [0.15, 0.2) is 12.1 Å². The number of carboxylic acid groups (broad SMARTS) is 1. The molecule has 1 aromatic rings. The minimum atomic E-state index is -0.847. The van der Waals surface area contributed by atoms with Crippen molar-refractivity contribution in [2.24, 2.45) is 16.7 Å². The van der Waals surface area contributed by atoms with Gasteiger partial charge in [0.25, 0.3) is 5.91 Å². The average molecular weight is 521 g/mol. The Bertz CT molecular complexity index is 1030. The van der Waals surface area contributed by atoms with Gasteiger partial charge in [-0.15, -0.1) is 0 Å². The van der Waals surface area contributed by atoms with Gasteiger partial charge in [0.05, 0.1) is 49.4 Å².